The molecule has 0 saturated heterocycles. The monoisotopic (exact) mass is 210 g/mol. The van der Waals surface area contributed by atoms with E-state index in [2.05, 4.69) is 6.92 Å². The fourth-order valence-electron chi connectivity index (χ4n) is 2.88. The lowest BCUT2D eigenvalue weighted by atomic mass is 10.0. The Hall–Kier alpha value is -0.570. The topological polar surface area (TPSA) is 46.3 Å². The van der Waals surface area contributed by atoms with E-state index in [1.165, 1.54) is 6.42 Å². The summed E-state index contributed by atoms with van der Waals surface area (Å²) in [6.07, 6.45) is 4.63. The van der Waals surface area contributed by atoms with E-state index in [1.54, 1.807) is 0 Å². The molecule has 0 aromatic heterocycles. The van der Waals surface area contributed by atoms with Gasteiger partial charge in [-0.2, -0.15) is 0 Å². The molecular formula is C12H22N2O. The zero-order valence-corrected chi connectivity index (χ0v) is 9.61. The average Bonchev–Trinajstić information content (AvgIpc) is 2.86. The molecule has 1 amide bonds. The predicted octanol–water partition coefficient (Wildman–Crippen LogP) is 1.23. The van der Waals surface area contributed by atoms with Gasteiger partial charge in [-0.3, -0.25) is 4.79 Å². The summed E-state index contributed by atoms with van der Waals surface area (Å²) in [6, 6.07) is 0. The quantitative estimate of drug-likeness (QED) is 0.742. The number of carbonyl (C=O) groups is 1. The third kappa shape index (κ3) is 2.33. The Balaban J connectivity index is 1.81. The summed E-state index contributed by atoms with van der Waals surface area (Å²) in [4.78, 5) is 14.1. The van der Waals surface area contributed by atoms with Crippen molar-refractivity contribution in [1.82, 2.24) is 4.90 Å². The Labute approximate surface area is 92.0 Å². The first kappa shape index (κ1) is 10.9. The van der Waals surface area contributed by atoms with Crippen LogP contribution in [-0.2, 0) is 4.79 Å². The molecule has 2 atom stereocenters. The van der Waals surface area contributed by atoms with E-state index in [-0.39, 0.29) is 0 Å². The van der Waals surface area contributed by atoms with E-state index in [0.29, 0.717) is 18.4 Å². The number of nitrogens with two attached hydrogens (primary N) is 1. The maximum atomic E-state index is 12.1. The summed E-state index contributed by atoms with van der Waals surface area (Å²) >= 11 is 0. The Kier molecular flexibility index (Phi) is 3.29. The van der Waals surface area contributed by atoms with E-state index in [1.807, 2.05) is 4.90 Å². The molecule has 2 rings (SSSR count). The first-order valence-electron chi connectivity index (χ1n) is 6.25. The normalized spacial score (nSPS) is 32.5. The van der Waals surface area contributed by atoms with E-state index in [0.717, 1.165) is 44.2 Å². The second-order valence-electron chi connectivity index (χ2n) is 4.98. The minimum Gasteiger partial charge on any atom is -0.343 e. The highest BCUT2D eigenvalue weighted by molar-refractivity contribution is 5.79. The Morgan fingerprint density at radius 1 is 1.33 bits per heavy atom. The van der Waals surface area contributed by atoms with Crippen LogP contribution < -0.4 is 5.73 Å². The molecule has 0 aliphatic heterocycles. The lowest BCUT2D eigenvalue weighted by Gasteiger charge is -2.24. The molecule has 2 fully saturated rings. The third-order valence-electron chi connectivity index (χ3n) is 3.92. The number of amides is 1. The van der Waals surface area contributed by atoms with Gasteiger partial charge in [-0.05, 0) is 51.0 Å². The van der Waals surface area contributed by atoms with Gasteiger partial charge in [0.2, 0.25) is 5.91 Å². The molecule has 0 bridgehead atoms. The van der Waals surface area contributed by atoms with Crippen molar-refractivity contribution in [2.24, 2.45) is 23.5 Å². The number of nitrogens with zero attached hydrogens (tertiary/aromatic N) is 1. The first-order valence-corrected chi connectivity index (χ1v) is 6.25. The summed E-state index contributed by atoms with van der Waals surface area (Å²) in [5.41, 5.74) is 5.48. The fraction of sp³-hybridized carbons (Fsp3) is 0.917. The standard InChI is InChI=1S/C12H22N2O/c1-2-14(5-3-4-13)12(15)11-7-9-6-10(9)8-11/h9-11H,2-8,13H2,1H3. The SMILES string of the molecule is CCN(CCCN)C(=O)C1CC2CC2C1. The lowest BCUT2D eigenvalue weighted by molar-refractivity contribution is -0.135. The molecule has 2 N–H and O–H groups in total. The van der Waals surface area contributed by atoms with Crippen LogP contribution >= 0.6 is 0 Å². The van der Waals surface area contributed by atoms with E-state index in [4.69, 9.17) is 5.73 Å². The van der Waals surface area contributed by atoms with E-state index in [9.17, 15) is 4.79 Å². The van der Waals surface area contributed by atoms with Crippen LogP contribution in [0.2, 0.25) is 0 Å². The number of hydrogen-bond donors (Lipinski definition) is 1. The van der Waals surface area contributed by atoms with Crippen LogP contribution in [0.15, 0.2) is 0 Å². The van der Waals surface area contributed by atoms with Gasteiger partial charge >= 0.3 is 0 Å². The van der Waals surface area contributed by atoms with E-state index < -0.39 is 0 Å². The van der Waals surface area contributed by atoms with E-state index >= 15 is 0 Å². The Morgan fingerprint density at radius 2 is 2.00 bits per heavy atom. The molecule has 86 valence electrons. The van der Waals surface area contributed by atoms with Crippen LogP contribution in [-0.4, -0.2) is 30.4 Å². The van der Waals surface area contributed by atoms with Crippen molar-refractivity contribution in [3.63, 3.8) is 0 Å². The first-order chi connectivity index (χ1) is 7.26. The largest absolute Gasteiger partial charge is 0.343 e. The van der Waals surface area contributed by atoms with Gasteiger partial charge in [0.25, 0.3) is 0 Å². The van der Waals surface area contributed by atoms with Crippen molar-refractivity contribution in [3.8, 4) is 0 Å². The number of fused-ring (bicyclic) bond motifs is 1. The van der Waals surface area contributed by atoms with Gasteiger partial charge in [0, 0.05) is 19.0 Å². The highest BCUT2D eigenvalue weighted by atomic mass is 16.2. The second kappa shape index (κ2) is 4.52. The van der Waals surface area contributed by atoms with Crippen LogP contribution in [0.25, 0.3) is 0 Å². The van der Waals surface area contributed by atoms with Crippen molar-refractivity contribution in [2.75, 3.05) is 19.6 Å². The van der Waals surface area contributed by atoms with Gasteiger partial charge in [0.1, 0.15) is 0 Å². The third-order valence-corrected chi connectivity index (χ3v) is 3.92. The molecule has 15 heavy (non-hydrogen) atoms. The number of carbonyl (C=O) groups excluding carboxylic acids is 1. The summed E-state index contributed by atoms with van der Waals surface area (Å²) in [7, 11) is 0. The van der Waals surface area contributed by atoms with Crippen LogP contribution in [0.1, 0.15) is 32.6 Å². The maximum Gasteiger partial charge on any atom is 0.225 e. The highest BCUT2D eigenvalue weighted by Crippen LogP contribution is 2.54. The summed E-state index contributed by atoms with van der Waals surface area (Å²) in [6.45, 7) is 4.42. The minimum absolute atomic E-state index is 0.339. The number of hydrogen-bond acceptors (Lipinski definition) is 2. The fourth-order valence-corrected chi connectivity index (χ4v) is 2.88. The van der Waals surface area contributed by atoms with Crippen LogP contribution in [0.3, 0.4) is 0 Å². The second-order valence-corrected chi connectivity index (χ2v) is 4.98. The van der Waals surface area contributed by atoms with Gasteiger partial charge in [0.05, 0.1) is 0 Å². The molecular weight excluding hydrogens is 188 g/mol. The zero-order chi connectivity index (χ0) is 10.8. The zero-order valence-electron chi connectivity index (χ0n) is 9.61. The molecule has 3 nitrogen and oxygen atoms in total. The molecule has 2 aliphatic rings. The summed E-state index contributed by atoms with van der Waals surface area (Å²) < 4.78 is 0. The van der Waals surface area contributed by atoms with Gasteiger partial charge in [-0.15, -0.1) is 0 Å². The smallest absolute Gasteiger partial charge is 0.225 e. The Morgan fingerprint density at radius 3 is 2.53 bits per heavy atom. The van der Waals surface area contributed by atoms with Crippen LogP contribution in [0.4, 0.5) is 0 Å². The average molecular weight is 210 g/mol. The lowest BCUT2D eigenvalue weighted by Crippen LogP contribution is -2.37. The van der Waals surface area contributed by atoms with Gasteiger partial charge in [0.15, 0.2) is 0 Å². The molecule has 2 aliphatic carbocycles. The van der Waals surface area contributed by atoms with Gasteiger partial charge < -0.3 is 10.6 Å². The molecule has 0 radical (unpaired) electrons. The van der Waals surface area contributed by atoms with Crippen molar-refractivity contribution < 1.29 is 4.79 Å². The molecule has 2 saturated carbocycles. The van der Waals surface area contributed by atoms with Crippen molar-refractivity contribution in [2.45, 2.75) is 32.6 Å². The highest BCUT2D eigenvalue weighted by Gasteiger charge is 2.48. The number of rotatable bonds is 5. The molecule has 0 spiro atoms. The molecule has 2 unspecified atom stereocenters. The minimum atomic E-state index is 0.339. The van der Waals surface area contributed by atoms with Crippen molar-refractivity contribution in [3.05, 3.63) is 0 Å². The Bertz CT molecular complexity index is 232. The molecule has 0 aromatic rings. The van der Waals surface area contributed by atoms with Gasteiger partial charge in [-0.25, -0.2) is 0 Å². The predicted molar refractivity (Wildman–Crippen MR) is 60.2 cm³/mol. The summed E-state index contributed by atoms with van der Waals surface area (Å²) in [5.74, 6) is 2.52. The van der Waals surface area contributed by atoms with Gasteiger partial charge in [-0.1, -0.05) is 0 Å². The maximum absolute atomic E-state index is 12.1. The van der Waals surface area contributed by atoms with Crippen LogP contribution in [0.5, 0.6) is 0 Å². The van der Waals surface area contributed by atoms with Crippen LogP contribution in [0, 0.1) is 17.8 Å². The molecule has 3 heteroatoms. The van der Waals surface area contributed by atoms with Crippen molar-refractivity contribution in [1.29, 1.82) is 0 Å². The molecule has 0 heterocycles. The van der Waals surface area contributed by atoms with Crippen molar-refractivity contribution >= 4 is 5.91 Å². The molecule has 0 aromatic carbocycles. The summed E-state index contributed by atoms with van der Waals surface area (Å²) in [5, 5.41) is 0.